The van der Waals surface area contributed by atoms with Crippen molar-refractivity contribution in [1.82, 2.24) is 15.0 Å². The van der Waals surface area contributed by atoms with Gasteiger partial charge in [-0.2, -0.15) is 0 Å². The smallest absolute Gasteiger partial charge is 0.178 e. The maximum Gasteiger partial charge on any atom is 0.178 e. The summed E-state index contributed by atoms with van der Waals surface area (Å²) >= 11 is 1.54. The Hall–Kier alpha value is -1.29. The molecular weight excluding hydrogens is 158 g/mol. The molecule has 0 atom stereocenters. The second kappa shape index (κ2) is 2.75. The first-order valence-electron chi connectivity index (χ1n) is 3.12. The summed E-state index contributed by atoms with van der Waals surface area (Å²) in [5, 5.41) is 1.93. The quantitative estimate of drug-likeness (QED) is 0.641. The van der Waals surface area contributed by atoms with E-state index in [1.165, 1.54) is 0 Å². The Balaban J connectivity index is 2.46. The number of nitrogens with zero attached hydrogens (tertiary/aromatic N) is 3. The van der Waals surface area contributed by atoms with Crippen LogP contribution in [0.1, 0.15) is 0 Å². The lowest BCUT2D eigenvalue weighted by molar-refractivity contribution is 1.15. The summed E-state index contributed by atoms with van der Waals surface area (Å²) in [6, 6.07) is 1.79. The van der Waals surface area contributed by atoms with E-state index in [1.54, 1.807) is 35.3 Å². The lowest BCUT2D eigenvalue weighted by Crippen LogP contribution is -1.85. The van der Waals surface area contributed by atoms with E-state index in [9.17, 15) is 0 Å². The summed E-state index contributed by atoms with van der Waals surface area (Å²) in [4.78, 5) is 12.2. The molecule has 2 rings (SSSR count). The topological polar surface area (TPSA) is 38.7 Å². The molecule has 0 aliphatic heterocycles. The minimum absolute atomic E-state index is 0.689. The minimum Gasteiger partial charge on any atom is -0.241 e. The highest BCUT2D eigenvalue weighted by Crippen LogP contribution is 2.12. The molecule has 0 unspecified atom stereocenters. The molecule has 2 aromatic rings. The van der Waals surface area contributed by atoms with E-state index < -0.39 is 0 Å². The van der Waals surface area contributed by atoms with Gasteiger partial charge in [0.2, 0.25) is 0 Å². The van der Waals surface area contributed by atoms with Crippen molar-refractivity contribution in [3.63, 3.8) is 0 Å². The Morgan fingerprint density at radius 1 is 1.09 bits per heavy atom. The first-order valence-corrected chi connectivity index (χ1v) is 4.06. The molecule has 2 heterocycles. The van der Waals surface area contributed by atoms with Crippen molar-refractivity contribution in [1.29, 1.82) is 0 Å². The molecular formula is C7H5N3S. The molecule has 3 nitrogen and oxygen atoms in total. The van der Waals surface area contributed by atoms with Gasteiger partial charge in [0.25, 0.3) is 0 Å². The molecule has 4 heteroatoms. The van der Waals surface area contributed by atoms with E-state index >= 15 is 0 Å². The molecule has 0 N–H and O–H groups in total. The van der Waals surface area contributed by atoms with Crippen LogP contribution in [-0.2, 0) is 0 Å². The van der Waals surface area contributed by atoms with Crippen molar-refractivity contribution in [2.75, 3.05) is 0 Å². The predicted octanol–water partition coefficient (Wildman–Crippen LogP) is 1.60. The van der Waals surface area contributed by atoms with Gasteiger partial charge in [0.05, 0.1) is 5.51 Å². The van der Waals surface area contributed by atoms with Crippen molar-refractivity contribution in [3.8, 4) is 11.5 Å². The van der Waals surface area contributed by atoms with Crippen molar-refractivity contribution < 1.29 is 0 Å². The van der Waals surface area contributed by atoms with Crippen LogP contribution in [0, 0.1) is 0 Å². The predicted molar refractivity (Wildman–Crippen MR) is 43.1 cm³/mol. The zero-order valence-electron chi connectivity index (χ0n) is 5.64. The van der Waals surface area contributed by atoms with Crippen LogP contribution in [0.2, 0.25) is 0 Å². The van der Waals surface area contributed by atoms with Gasteiger partial charge >= 0.3 is 0 Å². The Bertz CT molecular complexity index is 317. The van der Waals surface area contributed by atoms with Crippen LogP contribution in [0.25, 0.3) is 11.5 Å². The largest absolute Gasteiger partial charge is 0.241 e. The third-order valence-electron chi connectivity index (χ3n) is 1.23. The van der Waals surface area contributed by atoms with Gasteiger partial charge in [-0.15, -0.1) is 11.3 Å². The highest BCUT2D eigenvalue weighted by atomic mass is 32.1. The average Bonchev–Trinajstić information content (AvgIpc) is 2.58. The van der Waals surface area contributed by atoms with Crippen LogP contribution >= 0.6 is 11.3 Å². The fourth-order valence-electron chi connectivity index (χ4n) is 0.754. The number of aromatic nitrogens is 3. The summed E-state index contributed by atoms with van der Waals surface area (Å²) in [7, 11) is 0. The monoisotopic (exact) mass is 163 g/mol. The van der Waals surface area contributed by atoms with E-state index in [2.05, 4.69) is 15.0 Å². The second-order valence-electron chi connectivity index (χ2n) is 1.95. The van der Waals surface area contributed by atoms with Crippen LogP contribution < -0.4 is 0 Å². The van der Waals surface area contributed by atoms with Gasteiger partial charge in [-0.1, -0.05) is 0 Å². The van der Waals surface area contributed by atoms with E-state index in [1.807, 2.05) is 5.38 Å². The minimum atomic E-state index is 0.689. The van der Waals surface area contributed by atoms with Crippen LogP contribution in [0.5, 0.6) is 0 Å². The molecule has 0 saturated carbocycles. The molecule has 0 fully saturated rings. The van der Waals surface area contributed by atoms with E-state index in [0.717, 1.165) is 5.69 Å². The molecule has 54 valence electrons. The molecule has 0 aromatic carbocycles. The van der Waals surface area contributed by atoms with E-state index in [-0.39, 0.29) is 0 Å². The molecule has 2 aromatic heterocycles. The number of hydrogen-bond acceptors (Lipinski definition) is 4. The molecule has 0 aliphatic carbocycles. The van der Waals surface area contributed by atoms with Crippen molar-refractivity contribution >= 4 is 11.3 Å². The molecule has 0 amide bonds. The third-order valence-corrected chi connectivity index (χ3v) is 1.81. The maximum atomic E-state index is 4.08. The Morgan fingerprint density at radius 3 is 2.55 bits per heavy atom. The number of rotatable bonds is 1. The fourth-order valence-corrected chi connectivity index (χ4v) is 1.28. The van der Waals surface area contributed by atoms with Gasteiger partial charge in [-0.05, 0) is 6.07 Å². The van der Waals surface area contributed by atoms with Gasteiger partial charge in [-0.25, -0.2) is 15.0 Å². The standard InChI is InChI=1S/C7H5N3S/c1-2-8-7(9-3-1)6-4-11-5-10-6/h1-5H. The summed E-state index contributed by atoms with van der Waals surface area (Å²) < 4.78 is 0. The third kappa shape index (κ3) is 1.25. The second-order valence-corrected chi connectivity index (χ2v) is 2.66. The summed E-state index contributed by atoms with van der Waals surface area (Å²) in [6.45, 7) is 0. The van der Waals surface area contributed by atoms with Crippen molar-refractivity contribution in [2.24, 2.45) is 0 Å². The lowest BCUT2D eigenvalue weighted by atomic mass is 10.4. The van der Waals surface area contributed by atoms with E-state index in [0.29, 0.717) is 5.82 Å². The number of thiazole rings is 1. The summed E-state index contributed by atoms with van der Waals surface area (Å²) in [5.74, 6) is 0.689. The summed E-state index contributed by atoms with van der Waals surface area (Å²) in [6.07, 6.45) is 3.42. The van der Waals surface area contributed by atoms with Crippen molar-refractivity contribution in [2.45, 2.75) is 0 Å². The Labute approximate surface area is 67.8 Å². The zero-order chi connectivity index (χ0) is 7.52. The van der Waals surface area contributed by atoms with Gasteiger partial charge in [0.1, 0.15) is 5.69 Å². The lowest BCUT2D eigenvalue weighted by Gasteiger charge is -1.90. The van der Waals surface area contributed by atoms with Crippen LogP contribution in [0.15, 0.2) is 29.4 Å². The molecule has 0 radical (unpaired) electrons. The van der Waals surface area contributed by atoms with Crippen LogP contribution in [-0.4, -0.2) is 15.0 Å². The molecule has 0 aliphatic rings. The normalized spacial score (nSPS) is 9.82. The first-order chi connectivity index (χ1) is 5.47. The average molecular weight is 163 g/mol. The summed E-state index contributed by atoms with van der Waals surface area (Å²) in [5.41, 5.74) is 2.61. The maximum absolute atomic E-state index is 4.08. The number of hydrogen-bond donors (Lipinski definition) is 0. The fraction of sp³-hybridized carbons (Fsp3) is 0. The SMILES string of the molecule is c1cnc(-c2cscn2)nc1. The highest BCUT2D eigenvalue weighted by Gasteiger charge is 1.99. The molecule has 11 heavy (non-hydrogen) atoms. The Kier molecular flexibility index (Phi) is 1.61. The molecule has 0 spiro atoms. The molecule has 0 saturated heterocycles. The van der Waals surface area contributed by atoms with Crippen molar-refractivity contribution in [3.05, 3.63) is 29.4 Å². The van der Waals surface area contributed by atoms with Gasteiger partial charge in [0, 0.05) is 17.8 Å². The van der Waals surface area contributed by atoms with Gasteiger partial charge in [0.15, 0.2) is 5.82 Å². The van der Waals surface area contributed by atoms with Crippen LogP contribution in [0.4, 0.5) is 0 Å². The highest BCUT2D eigenvalue weighted by molar-refractivity contribution is 7.07. The first kappa shape index (κ1) is 6.42. The Morgan fingerprint density at radius 2 is 1.91 bits per heavy atom. The van der Waals surface area contributed by atoms with Crippen LogP contribution in [0.3, 0.4) is 0 Å². The molecule has 0 bridgehead atoms. The van der Waals surface area contributed by atoms with Gasteiger partial charge in [-0.3, -0.25) is 0 Å². The van der Waals surface area contributed by atoms with Gasteiger partial charge < -0.3 is 0 Å². The van der Waals surface area contributed by atoms with E-state index in [4.69, 9.17) is 0 Å². The zero-order valence-corrected chi connectivity index (χ0v) is 6.45.